The van der Waals surface area contributed by atoms with Crippen LogP contribution in [-0.4, -0.2) is 54.0 Å². The van der Waals surface area contributed by atoms with Gasteiger partial charge in [-0.05, 0) is 12.8 Å². The van der Waals surface area contributed by atoms with Crippen molar-refractivity contribution in [2.75, 3.05) is 19.6 Å². The van der Waals surface area contributed by atoms with Crippen LogP contribution < -0.4 is 11.1 Å². The summed E-state index contributed by atoms with van der Waals surface area (Å²) in [4.78, 5) is 12.5. The summed E-state index contributed by atoms with van der Waals surface area (Å²) in [5, 5.41) is 12.2. The first kappa shape index (κ1) is 16.0. The number of likely N-dealkylation sites (tertiary alicyclic amines) is 1. The first-order valence-corrected chi connectivity index (χ1v) is 6.25. The van der Waals surface area contributed by atoms with E-state index >= 15 is 0 Å². The van der Waals surface area contributed by atoms with Crippen molar-refractivity contribution in [2.45, 2.75) is 38.1 Å². The molecule has 8 heteroatoms. The number of nitrogens with zero attached hydrogens (tertiary/aromatic N) is 1. The molecule has 1 saturated heterocycles. The fourth-order valence-corrected chi connectivity index (χ4v) is 2.34. The highest BCUT2D eigenvalue weighted by Gasteiger charge is 2.35. The lowest BCUT2D eigenvalue weighted by molar-refractivity contribution is -0.127. The molecule has 1 aliphatic rings. The van der Waals surface area contributed by atoms with Crippen molar-refractivity contribution in [1.29, 1.82) is 0 Å². The second-order valence-corrected chi connectivity index (χ2v) is 4.91. The smallest absolute Gasteiger partial charge is 0.393 e. The number of urea groups is 1. The van der Waals surface area contributed by atoms with Crippen molar-refractivity contribution in [2.24, 2.45) is 11.7 Å². The van der Waals surface area contributed by atoms with Gasteiger partial charge in [-0.25, -0.2) is 4.79 Å². The topological polar surface area (TPSA) is 78.6 Å². The first-order valence-electron chi connectivity index (χ1n) is 6.25. The quantitative estimate of drug-likeness (QED) is 0.710. The number of aliphatic hydroxyl groups is 1. The Labute approximate surface area is 109 Å². The van der Waals surface area contributed by atoms with Gasteiger partial charge in [0.05, 0.1) is 12.6 Å². The zero-order valence-corrected chi connectivity index (χ0v) is 10.8. The van der Waals surface area contributed by atoms with Gasteiger partial charge in [0.2, 0.25) is 0 Å². The first-order chi connectivity index (χ1) is 8.73. The van der Waals surface area contributed by atoms with E-state index in [-0.39, 0.29) is 19.0 Å². The molecule has 19 heavy (non-hydrogen) atoms. The molecule has 0 aliphatic carbocycles. The zero-order chi connectivity index (χ0) is 14.6. The number of amides is 2. The van der Waals surface area contributed by atoms with Gasteiger partial charge in [0.1, 0.15) is 0 Å². The van der Waals surface area contributed by atoms with Crippen LogP contribution in [0.25, 0.3) is 0 Å². The molecule has 3 atom stereocenters. The lowest BCUT2D eigenvalue weighted by atomic mass is 9.88. The fourth-order valence-electron chi connectivity index (χ4n) is 2.34. The van der Waals surface area contributed by atoms with E-state index in [1.165, 1.54) is 4.90 Å². The maximum Gasteiger partial charge on any atom is 0.401 e. The minimum absolute atomic E-state index is 0.137. The predicted octanol–water partition coefficient (Wildman–Crippen LogP) is 0.678. The molecule has 1 rings (SSSR count). The molecule has 0 aromatic rings. The lowest BCUT2D eigenvalue weighted by Gasteiger charge is -2.39. The predicted molar refractivity (Wildman–Crippen MR) is 63.4 cm³/mol. The monoisotopic (exact) mass is 283 g/mol. The minimum Gasteiger partial charge on any atom is -0.393 e. The molecule has 0 aromatic heterocycles. The summed E-state index contributed by atoms with van der Waals surface area (Å²) in [5.41, 5.74) is 5.17. The average Bonchev–Trinajstić information content (AvgIpc) is 2.34. The van der Waals surface area contributed by atoms with Gasteiger partial charge in [0.15, 0.2) is 0 Å². The molecule has 2 amide bonds. The number of nitrogens with one attached hydrogen (secondary N) is 1. The van der Waals surface area contributed by atoms with Crippen LogP contribution in [0.3, 0.4) is 0 Å². The van der Waals surface area contributed by atoms with E-state index in [0.29, 0.717) is 12.8 Å². The molecular formula is C11H20F3N3O2. The van der Waals surface area contributed by atoms with Crippen LogP contribution in [0, 0.1) is 5.92 Å². The van der Waals surface area contributed by atoms with E-state index in [9.17, 15) is 23.1 Å². The number of primary amides is 1. The Morgan fingerprint density at radius 3 is 2.63 bits per heavy atom. The van der Waals surface area contributed by atoms with Gasteiger partial charge in [-0.2, -0.15) is 13.2 Å². The Bertz CT molecular complexity index is 312. The molecule has 1 fully saturated rings. The number of carbonyl (C=O) groups excluding carboxylic acids is 1. The summed E-state index contributed by atoms with van der Waals surface area (Å²) < 4.78 is 36.5. The summed E-state index contributed by atoms with van der Waals surface area (Å²) in [5.74, 6) is -0.253. The maximum absolute atomic E-state index is 12.2. The highest BCUT2D eigenvalue weighted by Crippen LogP contribution is 2.23. The normalized spacial score (nSPS) is 26.3. The van der Waals surface area contributed by atoms with E-state index in [1.54, 1.807) is 6.92 Å². The van der Waals surface area contributed by atoms with Crippen molar-refractivity contribution < 1.29 is 23.1 Å². The molecular weight excluding hydrogens is 263 g/mol. The van der Waals surface area contributed by atoms with Crippen LogP contribution in [0.2, 0.25) is 0 Å². The number of hydrogen-bond donors (Lipinski definition) is 3. The highest BCUT2D eigenvalue weighted by molar-refractivity contribution is 5.72. The van der Waals surface area contributed by atoms with Crippen LogP contribution in [0.15, 0.2) is 0 Å². The second-order valence-electron chi connectivity index (χ2n) is 4.91. The maximum atomic E-state index is 12.2. The van der Waals surface area contributed by atoms with Gasteiger partial charge in [-0.3, -0.25) is 0 Å². The van der Waals surface area contributed by atoms with E-state index in [0.717, 1.165) is 0 Å². The molecule has 0 aromatic carbocycles. The summed E-state index contributed by atoms with van der Waals surface area (Å²) in [6.45, 7) is 1.10. The van der Waals surface area contributed by atoms with E-state index in [4.69, 9.17) is 5.73 Å². The standard InChI is InChI=1S/C11H20F3N3O2/c1-2-9(18)7-3-8(16-6-11(12,13)14)5-17(4-7)10(15)19/h7-9,16,18H,2-6H2,1H3,(H2,15,19). The highest BCUT2D eigenvalue weighted by atomic mass is 19.4. The van der Waals surface area contributed by atoms with Crippen molar-refractivity contribution in [3.63, 3.8) is 0 Å². The SMILES string of the molecule is CCC(O)C1CC(NCC(F)(F)F)CN(C(N)=O)C1. The number of halogens is 3. The molecule has 0 spiro atoms. The van der Waals surface area contributed by atoms with Gasteiger partial charge in [-0.15, -0.1) is 0 Å². The number of hydrogen-bond acceptors (Lipinski definition) is 3. The number of alkyl halides is 3. The molecule has 4 N–H and O–H groups in total. The molecule has 112 valence electrons. The Kier molecular flexibility index (Phi) is 5.42. The third-order valence-corrected chi connectivity index (χ3v) is 3.35. The number of rotatable bonds is 4. The van der Waals surface area contributed by atoms with Gasteiger partial charge in [0, 0.05) is 25.0 Å². The fraction of sp³-hybridized carbons (Fsp3) is 0.909. The molecule has 0 bridgehead atoms. The number of piperidine rings is 1. The Morgan fingerprint density at radius 2 is 2.16 bits per heavy atom. The molecule has 5 nitrogen and oxygen atoms in total. The van der Waals surface area contributed by atoms with Gasteiger partial charge in [-0.1, -0.05) is 6.92 Å². The van der Waals surface area contributed by atoms with Crippen LogP contribution in [-0.2, 0) is 0 Å². The van der Waals surface area contributed by atoms with E-state index in [1.807, 2.05) is 0 Å². The summed E-state index contributed by atoms with van der Waals surface area (Å²) >= 11 is 0. The Morgan fingerprint density at radius 1 is 1.53 bits per heavy atom. The van der Waals surface area contributed by atoms with E-state index in [2.05, 4.69) is 5.32 Å². The van der Waals surface area contributed by atoms with Crippen LogP contribution >= 0.6 is 0 Å². The molecule has 1 aliphatic heterocycles. The van der Waals surface area contributed by atoms with Crippen LogP contribution in [0.1, 0.15) is 19.8 Å². The summed E-state index contributed by atoms with van der Waals surface area (Å²) in [6.07, 6.45) is -4.05. The molecule has 1 heterocycles. The van der Waals surface area contributed by atoms with Gasteiger partial charge < -0.3 is 21.1 Å². The molecule has 0 saturated carbocycles. The minimum atomic E-state index is -4.30. The summed E-state index contributed by atoms with van der Waals surface area (Å²) in [7, 11) is 0. The van der Waals surface area contributed by atoms with Crippen molar-refractivity contribution >= 4 is 6.03 Å². The van der Waals surface area contributed by atoms with E-state index < -0.39 is 30.9 Å². The van der Waals surface area contributed by atoms with Crippen molar-refractivity contribution in [3.8, 4) is 0 Å². The summed E-state index contributed by atoms with van der Waals surface area (Å²) in [6, 6.07) is -1.18. The van der Waals surface area contributed by atoms with Crippen molar-refractivity contribution in [3.05, 3.63) is 0 Å². The van der Waals surface area contributed by atoms with Crippen molar-refractivity contribution in [1.82, 2.24) is 10.2 Å². The third kappa shape index (κ3) is 5.23. The number of nitrogens with two attached hydrogens (primary N) is 1. The van der Waals surface area contributed by atoms with Crippen LogP contribution in [0.4, 0.5) is 18.0 Å². The van der Waals surface area contributed by atoms with Crippen LogP contribution in [0.5, 0.6) is 0 Å². The Hall–Kier alpha value is -1.02. The largest absolute Gasteiger partial charge is 0.401 e. The number of aliphatic hydroxyl groups excluding tert-OH is 1. The molecule has 3 unspecified atom stereocenters. The molecule has 0 radical (unpaired) electrons. The Balaban J connectivity index is 2.62. The average molecular weight is 283 g/mol. The third-order valence-electron chi connectivity index (χ3n) is 3.35. The lowest BCUT2D eigenvalue weighted by Crippen LogP contribution is -2.55. The van der Waals surface area contributed by atoms with Gasteiger partial charge in [0.25, 0.3) is 0 Å². The van der Waals surface area contributed by atoms with Gasteiger partial charge >= 0.3 is 12.2 Å². The number of carbonyl (C=O) groups is 1. The zero-order valence-electron chi connectivity index (χ0n) is 10.8. The second kappa shape index (κ2) is 6.42.